The van der Waals surface area contributed by atoms with Crippen LogP contribution >= 0.6 is 0 Å². The molecule has 0 saturated heterocycles. The molecule has 0 atom stereocenters. The van der Waals surface area contributed by atoms with Crippen LogP contribution in [0.5, 0.6) is 0 Å². The summed E-state index contributed by atoms with van der Waals surface area (Å²) in [7, 11) is -3.53. The fraction of sp³-hybridized carbons (Fsp3) is 0.143. The molecule has 0 aliphatic heterocycles. The summed E-state index contributed by atoms with van der Waals surface area (Å²) in [6, 6.07) is 14.3. The lowest BCUT2D eigenvalue weighted by atomic mass is 10.0. The van der Waals surface area contributed by atoms with Crippen LogP contribution in [0, 0.1) is 0 Å². The van der Waals surface area contributed by atoms with Crippen molar-refractivity contribution in [2.75, 3.05) is 12.0 Å². The number of hydrogen-bond donors (Lipinski definition) is 1. The van der Waals surface area contributed by atoms with Crippen LogP contribution in [0.3, 0.4) is 0 Å². The number of nitrogen functional groups attached to an aromatic ring is 1. The fourth-order valence-electron chi connectivity index (χ4n) is 3.39. The zero-order chi connectivity index (χ0) is 20.6. The topological polar surface area (TPSA) is 116 Å². The molecule has 0 unspecified atom stereocenters. The Morgan fingerprint density at radius 1 is 1.00 bits per heavy atom. The van der Waals surface area contributed by atoms with Crippen molar-refractivity contribution >= 4 is 43.4 Å². The fourth-order valence-corrected chi connectivity index (χ4v) is 4.22. The smallest absolute Gasteiger partial charge is 0.221 e. The maximum absolute atomic E-state index is 13.0. The molecule has 29 heavy (non-hydrogen) atoms. The monoisotopic (exact) mass is 406 g/mol. The molecule has 0 bridgehead atoms. The summed E-state index contributed by atoms with van der Waals surface area (Å²) in [5, 5.41) is 1.38. The summed E-state index contributed by atoms with van der Waals surface area (Å²) in [6.07, 6.45) is 3.47. The molecule has 4 aromatic rings. The van der Waals surface area contributed by atoms with Gasteiger partial charge in [0.15, 0.2) is 15.6 Å². The molecule has 0 saturated carbocycles. The zero-order valence-electron chi connectivity index (χ0n) is 15.7. The van der Waals surface area contributed by atoms with Gasteiger partial charge in [-0.2, -0.15) is 0 Å². The minimum Gasteiger partial charge on any atom is -0.368 e. The average molecular weight is 406 g/mol. The number of carbonyl (C=O) groups excluding carboxylic acids is 1. The van der Waals surface area contributed by atoms with Gasteiger partial charge < -0.3 is 5.73 Å². The Balaban J connectivity index is 1.72. The second-order valence-corrected chi connectivity index (χ2v) is 8.75. The SMILES string of the molecule is CS(=O)(=O)c1cccc2c(C(=O)CCc3cccc4cccnc34)nc(N)nc12. The second-order valence-electron chi connectivity index (χ2n) is 6.77. The molecule has 0 amide bonds. The van der Waals surface area contributed by atoms with Crippen LogP contribution in [0.15, 0.2) is 59.6 Å². The van der Waals surface area contributed by atoms with Crippen LogP contribution in [-0.4, -0.2) is 35.4 Å². The number of fused-ring (bicyclic) bond motifs is 2. The summed E-state index contributed by atoms with van der Waals surface area (Å²) >= 11 is 0. The minimum atomic E-state index is -3.53. The maximum atomic E-state index is 13.0. The van der Waals surface area contributed by atoms with Crippen LogP contribution in [0.2, 0.25) is 0 Å². The zero-order valence-corrected chi connectivity index (χ0v) is 16.5. The second kappa shape index (κ2) is 7.21. The van der Waals surface area contributed by atoms with E-state index in [4.69, 9.17) is 5.73 Å². The lowest BCUT2D eigenvalue weighted by Gasteiger charge is -2.09. The maximum Gasteiger partial charge on any atom is 0.221 e. The molecule has 8 heteroatoms. The number of anilines is 1. The Hall–Kier alpha value is -3.39. The lowest BCUT2D eigenvalue weighted by Crippen LogP contribution is -2.10. The van der Waals surface area contributed by atoms with Crippen molar-refractivity contribution in [3.63, 3.8) is 0 Å². The third-order valence-corrected chi connectivity index (χ3v) is 5.84. The van der Waals surface area contributed by atoms with E-state index in [-0.39, 0.29) is 34.3 Å². The number of aryl methyl sites for hydroxylation is 1. The van der Waals surface area contributed by atoms with E-state index in [2.05, 4.69) is 15.0 Å². The van der Waals surface area contributed by atoms with Crippen molar-refractivity contribution in [2.24, 2.45) is 0 Å². The van der Waals surface area contributed by atoms with Gasteiger partial charge in [0.05, 0.1) is 15.9 Å². The quantitative estimate of drug-likeness (QED) is 0.506. The largest absolute Gasteiger partial charge is 0.368 e. The first kappa shape index (κ1) is 18.9. The Kier molecular flexibility index (Phi) is 4.71. The number of sulfone groups is 1. The summed E-state index contributed by atoms with van der Waals surface area (Å²) < 4.78 is 24.2. The number of Topliss-reactive ketones (excluding diaryl/α,β-unsaturated/α-hetero) is 1. The highest BCUT2D eigenvalue weighted by molar-refractivity contribution is 7.91. The normalized spacial score (nSPS) is 11.8. The van der Waals surface area contributed by atoms with Crippen LogP contribution in [0.4, 0.5) is 5.95 Å². The molecule has 4 rings (SSSR count). The molecule has 2 aromatic carbocycles. The molecule has 146 valence electrons. The van der Waals surface area contributed by atoms with Gasteiger partial charge in [0, 0.05) is 29.6 Å². The number of nitrogens with zero attached hydrogens (tertiary/aromatic N) is 3. The number of nitrogens with two attached hydrogens (primary N) is 1. The van der Waals surface area contributed by atoms with E-state index in [1.165, 1.54) is 6.07 Å². The molecular formula is C21H18N4O3S. The van der Waals surface area contributed by atoms with Crippen molar-refractivity contribution in [2.45, 2.75) is 17.7 Å². The highest BCUT2D eigenvalue weighted by Crippen LogP contribution is 2.26. The van der Waals surface area contributed by atoms with Gasteiger partial charge in [-0.25, -0.2) is 18.4 Å². The van der Waals surface area contributed by atoms with E-state index >= 15 is 0 Å². The van der Waals surface area contributed by atoms with Gasteiger partial charge in [-0.15, -0.1) is 0 Å². The van der Waals surface area contributed by atoms with Gasteiger partial charge in [0.2, 0.25) is 5.95 Å². The number of rotatable bonds is 5. The number of carbonyl (C=O) groups is 1. The molecule has 0 aliphatic carbocycles. The Morgan fingerprint density at radius 2 is 1.76 bits per heavy atom. The molecule has 7 nitrogen and oxygen atoms in total. The molecule has 0 radical (unpaired) electrons. The number of hydrogen-bond acceptors (Lipinski definition) is 7. The van der Waals surface area contributed by atoms with Crippen molar-refractivity contribution in [3.05, 3.63) is 66.0 Å². The van der Waals surface area contributed by atoms with E-state index in [1.807, 2.05) is 30.3 Å². The molecule has 0 spiro atoms. The van der Waals surface area contributed by atoms with Crippen LogP contribution in [-0.2, 0) is 16.3 Å². The van der Waals surface area contributed by atoms with E-state index in [0.29, 0.717) is 11.8 Å². The predicted molar refractivity (Wildman–Crippen MR) is 111 cm³/mol. The van der Waals surface area contributed by atoms with Gasteiger partial charge in [-0.05, 0) is 24.1 Å². The van der Waals surface area contributed by atoms with Crippen LogP contribution in [0.25, 0.3) is 21.8 Å². The molecule has 0 aliphatic rings. The Labute approximate surface area is 167 Å². The van der Waals surface area contributed by atoms with E-state index in [1.54, 1.807) is 18.3 Å². The molecule has 2 N–H and O–H groups in total. The molecular weight excluding hydrogens is 388 g/mol. The summed E-state index contributed by atoms with van der Waals surface area (Å²) in [5.41, 5.74) is 7.89. The molecule has 0 fully saturated rings. The first-order valence-electron chi connectivity index (χ1n) is 8.97. The Morgan fingerprint density at radius 3 is 2.55 bits per heavy atom. The third kappa shape index (κ3) is 3.66. The van der Waals surface area contributed by atoms with E-state index < -0.39 is 9.84 Å². The number of ketones is 1. The highest BCUT2D eigenvalue weighted by atomic mass is 32.2. The number of pyridine rings is 1. The van der Waals surface area contributed by atoms with Gasteiger partial charge in [-0.3, -0.25) is 9.78 Å². The van der Waals surface area contributed by atoms with Crippen molar-refractivity contribution in [1.29, 1.82) is 0 Å². The van der Waals surface area contributed by atoms with Gasteiger partial charge in [0.25, 0.3) is 0 Å². The van der Waals surface area contributed by atoms with E-state index in [0.717, 1.165) is 22.7 Å². The molecule has 2 aromatic heterocycles. The Bertz CT molecular complexity index is 1360. The third-order valence-electron chi connectivity index (χ3n) is 4.71. The van der Waals surface area contributed by atoms with Crippen molar-refractivity contribution < 1.29 is 13.2 Å². The lowest BCUT2D eigenvalue weighted by molar-refractivity contribution is 0.0980. The van der Waals surface area contributed by atoms with Crippen molar-refractivity contribution in [1.82, 2.24) is 15.0 Å². The number of para-hydroxylation sites is 2. The van der Waals surface area contributed by atoms with Gasteiger partial charge in [0.1, 0.15) is 5.69 Å². The molecule has 2 heterocycles. The average Bonchev–Trinajstić information content (AvgIpc) is 2.70. The summed E-state index contributed by atoms with van der Waals surface area (Å²) in [5.74, 6) is -0.369. The predicted octanol–water partition coefficient (Wildman–Crippen LogP) is 2.98. The number of benzene rings is 2. The van der Waals surface area contributed by atoms with Crippen LogP contribution < -0.4 is 5.73 Å². The summed E-state index contributed by atoms with van der Waals surface area (Å²) in [6.45, 7) is 0. The first-order valence-corrected chi connectivity index (χ1v) is 10.9. The minimum absolute atomic E-state index is 0.0244. The summed E-state index contributed by atoms with van der Waals surface area (Å²) in [4.78, 5) is 25.6. The van der Waals surface area contributed by atoms with Crippen molar-refractivity contribution in [3.8, 4) is 0 Å². The van der Waals surface area contributed by atoms with E-state index in [9.17, 15) is 13.2 Å². The standard InChI is InChI=1S/C21H18N4O3S/c1-29(27,28)17-9-3-8-15-19(24-21(22)25-20(15)17)16(26)11-10-14-6-2-5-13-7-4-12-23-18(13)14/h2-9,12H,10-11H2,1H3,(H2,22,24,25). The van der Waals surface area contributed by atoms with Gasteiger partial charge >= 0.3 is 0 Å². The first-order chi connectivity index (χ1) is 13.8. The number of aromatic nitrogens is 3. The highest BCUT2D eigenvalue weighted by Gasteiger charge is 2.20. The van der Waals surface area contributed by atoms with Gasteiger partial charge in [-0.1, -0.05) is 36.4 Å². The van der Waals surface area contributed by atoms with Crippen LogP contribution in [0.1, 0.15) is 22.5 Å².